The van der Waals surface area contributed by atoms with Crippen LogP contribution in [0.3, 0.4) is 0 Å². The summed E-state index contributed by atoms with van der Waals surface area (Å²) in [5.41, 5.74) is 3.50. The number of hydrogen-bond donors (Lipinski definition) is 0. The SMILES string of the molecule is CC(=O)OC/C=C1\CC[C@H]2[C@@H]3CCC4=CC(=O)CC[C@]4(C)[C@H]3CC[C@]12C. The predicted molar refractivity (Wildman–Crippen MR) is 101 cm³/mol. The molecule has 3 fully saturated rings. The number of carbonyl (C=O) groups is 2. The van der Waals surface area contributed by atoms with E-state index in [9.17, 15) is 9.59 Å². The summed E-state index contributed by atoms with van der Waals surface area (Å²) in [7, 11) is 0. The van der Waals surface area contributed by atoms with Gasteiger partial charge in [0, 0.05) is 13.3 Å². The first-order valence-corrected chi connectivity index (χ1v) is 10.4. The van der Waals surface area contributed by atoms with E-state index in [0.29, 0.717) is 12.4 Å². The van der Waals surface area contributed by atoms with Crippen molar-refractivity contribution in [2.75, 3.05) is 6.61 Å². The number of ether oxygens (including phenoxy) is 1. The van der Waals surface area contributed by atoms with Gasteiger partial charge in [-0.25, -0.2) is 0 Å². The Kier molecular flexibility index (Phi) is 4.40. The van der Waals surface area contributed by atoms with E-state index in [2.05, 4.69) is 19.9 Å². The van der Waals surface area contributed by atoms with Gasteiger partial charge in [0.1, 0.15) is 6.61 Å². The lowest BCUT2D eigenvalue weighted by Gasteiger charge is -2.57. The summed E-state index contributed by atoms with van der Waals surface area (Å²) in [6, 6.07) is 0. The maximum atomic E-state index is 11.9. The van der Waals surface area contributed by atoms with Gasteiger partial charge >= 0.3 is 5.97 Å². The molecule has 0 N–H and O–H groups in total. The lowest BCUT2D eigenvalue weighted by molar-refractivity contribution is -0.139. The quantitative estimate of drug-likeness (QED) is 0.516. The van der Waals surface area contributed by atoms with Crippen LogP contribution < -0.4 is 0 Å². The molecule has 0 radical (unpaired) electrons. The third-order valence-electron chi connectivity index (χ3n) is 8.43. The monoisotopic (exact) mass is 356 g/mol. The first-order valence-electron chi connectivity index (χ1n) is 10.4. The molecule has 4 aliphatic rings. The van der Waals surface area contributed by atoms with Crippen molar-refractivity contribution in [1.29, 1.82) is 0 Å². The zero-order valence-corrected chi connectivity index (χ0v) is 16.5. The molecule has 0 aromatic carbocycles. The highest BCUT2D eigenvalue weighted by molar-refractivity contribution is 5.91. The first-order chi connectivity index (χ1) is 12.3. The van der Waals surface area contributed by atoms with Gasteiger partial charge in [0.05, 0.1) is 0 Å². The summed E-state index contributed by atoms with van der Waals surface area (Å²) >= 11 is 0. The zero-order chi connectivity index (χ0) is 18.5. The van der Waals surface area contributed by atoms with Crippen LogP contribution in [0.25, 0.3) is 0 Å². The summed E-state index contributed by atoms with van der Waals surface area (Å²) < 4.78 is 5.18. The van der Waals surface area contributed by atoms with E-state index in [-0.39, 0.29) is 16.8 Å². The van der Waals surface area contributed by atoms with E-state index in [0.717, 1.165) is 43.4 Å². The van der Waals surface area contributed by atoms with E-state index in [1.807, 2.05) is 6.08 Å². The van der Waals surface area contributed by atoms with Crippen LogP contribution in [0.1, 0.15) is 72.1 Å². The fourth-order valence-corrected chi connectivity index (χ4v) is 7.00. The van der Waals surface area contributed by atoms with Gasteiger partial charge in [0.15, 0.2) is 5.78 Å². The molecule has 0 aliphatic heterocycles. The second kappa shape index (κ2) is 6.35. The first kappa shape index (κ1) is 18.0. The third-order valence-corrected chi connectivity index (χ3v) is 8.43. The van der Waals surface area contributed by atoms with E-state index >= 15 is 0 Å². The van der Waals surface area contributed by atoms with Crippen molar-refractivity contribution in [2.45, 2.75) is 72.1 Å². The minimum atomic E-state index is -0.198. The summed E-state index contributed by atoms with van der Waals surface area (Å²) in [6.45, 7) is 6.80. The standard InChI is InChI=1S/C23H32O3/c1-15(24)26-13-10-16-5-7-20-19-6-4-17-14-18(25)8-11-23(17,3)21(19)9-12-22(16,20)2/h10,14,19-21H,4-9,11-13H2,1-3H3/b16-10+/t19-,20-,21-,22+,23-/m0/s1. The summed E-state index contributed by atoms with van der Waals surface area (Å²) in [4.78, 5) is 23.0. The summed E-state index contributed by atoms with van der Waals surface area (Å²) in [5, 5.41) is 0. The average molecular weight is 357 g/mol. The number of carbonyl (C=O) groups excluding carboxylic acids is 2. The molecule has 142 valence electrons. The molecule has 4 aliphatic carbocycles. The Morgan fingerprint density at radius 3 is 2.65 bits per heavy atom. The van der Waals surface area contributed by atoms with Gasteiger partial charge in [0.25, 0.3) is 0 Å². The molecule has 5 atom stereocenters. The number of ketones is 1. The van der Waals surface area contributed by atoms with Crippen molar-refractivity contribution in [1.82, 2.24) is 0 Å². The zero-order valence-electron chi connectivity index (χ0n) is 16.5. The number of fused-ring (bicyclic) bond motifs is 5. The fourth-order valence-electron chi connectivity index (χ4n) is 7.00. The van der Waals surface area contributed by atoms with Crippen molar-refractivity contribution in [3.05, 3.63) is 23.3 Å². The highest BCUT2D eigenvalue weighted by atomic mass is 16.5. The van der Waals surface area contributed by atoms with Gasteiger partial charge in [-0.05, 0) is 85.7 Å². The van der Waals surface area contributed by atoms with Crippen molar-refractivity contribution < 1.29 is 14.3 Å². The normalized spacial score (nSPS) is 43.3. The Bertz CT molecular complexity index is 688. The van der Waals surface area contributed by atoms with Crippen LogP contribution in [0.2, 0.25) is 0 Å². The van der Waals surface area contributed by atoms with Gasteiger partial charge in [-0.15, -0.1) is 0 Å². The maximum Gasteiger partial charge on any atom is 0.302 e. The molecule has 3 saturated carbocycles. The van der Waals surface area contributed by atoms with Crippen LogP contribution in [-0.2, 0) is 14.3 Å². The molecule has 3 nitrogen and oxygen atoms in total. The summed E-state index contributed by atoms with van der Waals surface area (Å²) in [6.07, 6.45) is 13.3. The molecule has 0 heterocycles. The average Bonchev–Trinajstić information content (AvgIpc) is 2.92. The van der Waals surface area contributed by atoms with Gasteiger partial charge in [-0.3, -0.25) is 9.59 Å². The minimum absolute atomic E-state index is 0.198. The Balaban J connectivity index is 1.57. The molecule has 0 aromatic heterocycles. The van der Waals surface area contributed by atoms with Crippen LogP contribution in [0.5, 0.6) is 0 Å². The molecule has 0 aromatic rings. The minimum Gasteiger partial charge on any atom is -0.462 e. The van der Waals surface area contributed by atoms with Crippen LogP contribution in [0.4, 0.5) is 0 Å². The lowest BCUT2D eigenvalue weighted by Crippen LogP contribution is -2.49. The lowest BCUT2D eigenvalue weighted by atomic mass is 9.47. The van der Waals surface area contributed by atoms with Gasteiger partial charge < -0.3 is 4.74 Å². The number of rotatable bonds is 2. The fraction of sp³-hybridized carbons (Fsp3) is 0.739. The van der Waals surface area contributed by atoms with Gasteiger partial charge in [0.2, 0.25) is 0 Å². The van der Waals surface area contributed by atoms with Crippen molar-refractivity contribution >= 4 is 11.8 Å². The maximum absolute atomic E-state index is 11.9. The molecule has 0 spiro atoms. The van der Waals surface area contributed by atoms with E-state index in [1.54, 1.807) is 0 Å². The highest BCUT2D eigenvalue weighted by Gasteiger charge is 2.57. The number of esters is 1. The van der Waals surface area contributed by atoms with Crippen LogP contribution in [0.15, 0.2) is 23.3 Å². The molecule has 0 saturated heterocycles. The highest BCUT2D eigenvalue weighted by Crippen LogP contribution is 2.66. The van der Waals surface area contributed by atoms with Crippen molar-refractivity contribution in [3.8, 4) is 0 Å². The van der Waals surface area contributed by atoms with E-state index in [1.165, 1.54) is 43.8 Å². The van der Waals surface area contributed by atoms with Crippen molar-refractivity contribution in [2.24, 2.45) is 28.6 Å². The number of hydrogen-bond acceptors (Lipinski definition) is 3. The molecule has 3 heteroatoms. The molecule has 0 bridgehead atoms. The Labute approximate surface area is 157 Å². The molecular formula is C23H32O3. The van der Waals surface area contributed by atoms with E-state index in [4.69, 9.17) is 4.74 Å². The topological polar surface area (TPSA) is 43.4 Å². The smallest absolute Gasteiger partial charge is 0.302 e. The number of allylic oxidation sites excluding steroid dienone is 2. The molecular weight excluding hydrogens is 324 g/mol. The van der Waals surface area contributed by atoms with Crippen molar-refractivity contribution in [3.63, 3.8) is 0 Å². The predicted octanol–water partition coefficient (Wildman–Crippen LogP) is 5.01. The van der Waals surface area contributed by atoms with Crippen LogP contribution in [0, 0.1) is 28.6 Å². The molecule has 26 heavy (non-hydrogen) atoms. The molecule has 4 rings (SSSR count). The second-order valence-corrected chi connectivity index (χ2v) is 9.50. The molecule has 0 amide bonds. The molecule has 0 unspecified atom stereocenters. The second-order valence-electron chi connectivity index (χ2n) is 9.50. The largest absolute Gasteiger partial charge is 0.462 e. The Morgan fingerprint density at radius 1 is 1.12 bits per heavy atom. The van der Waals surface area contributed by atoms with Crippen LogP contribution in [-0.4, -0.2) is 18.4 Å². The van der Waals surface area contributed by atoms with Gasteiger partial charge in [-0.2, -0.15) is 0 Å². The van der Waals surface area contributed by atoms with Crippen LogP contribution >= 0.6 is 0 Å². The summed E-state index contributed by atoms with van der Waals surface area (Å²) in [5.74, 6) is 2.41. The Morgan fingerprint density at radius 2 is 1.88 bits per heavy atom. The Hall–Kier alpha value is -1.38. The van der Waals surface area contributed by atoms with Gasteiger partial charge in [-0.1, -0.05) is 25.0 Å². The van der Waals surface area contributed by atoms with E-state index < -0.39 is 0 Å². The third kappa shape index (κ3) is 2.70.